The van der Waals surface area contributed by atoms with Gasteiger partial charge in [0.2, 0.25) is 5.91 Å². The molecule has 1 heterocycles. The van der Waals surface area contributed by atoms with Crippen LogP contribution < -0.4 is 5.32 Å². The van der Waals surface area contributed by atoms with E-state index < -0.39 is 18.1 Å². The number of hydrogen-bond donors (Lipinski definition) is 1. The number of benzene rings is 1. The fraction of sp³-hybridized carbons (Fsp3) is 0.467. The van der Waals surface area contributed by atoms with Crippen molar-refractivity contribution in [3.8, 4) is 0 Å². The quantitative estimate of drug-likeness (QED) is 0.912. The molecule has 0 aliphatic carbocycles. The van der Waals surface area contributed by atoms with Crippen molar-refractivity contribution in [3.05, 3.63) is 34.9 Å². The molecule has 1 aromatic rings. The van der Waals surface area contributed by atoms with Gasteiger partial charge >= 0.3 is 12.1 Å². The van der Waals surface area contributed by atoms with Crippen molar-refractivity contribution in [1.82, 2.24) is 10.2 Å². The lowest BCUT2D eigenvalue weighted by Gasteiger charge is -2.32. The van der Waals surface area contributed by atoms with E-state index in [9.17, 15) is 22.8 Å². The van der Waals surface area contributed by atoms with Crippen molar-refractivity contribution < 1.29 is 22.8 Å². The molecule has 0 radical (unpaired) electrons. The number of likely N-dealkylation sites (tertiary alicyclic amines) is 1. The fourth-order valence-electron chi connectivity index (χ4n) is 2.43. The molecule has 0 bridgehead atoms. The zero-order chi connectivity index (χ0) is 17.0. The number of amides is 2. The van der Waals surface area contributed by atoms with Gasteiger partial charge in [-0.3, -0.25) is 9.59 Å². The Morgan fingerprint density at radius 1 is 1.17 bits per heavy atom. The minimum absolute atomic E-state index is 0.0899. The summed E-state index contributed by atoms with van der Waals surface area (Å²) in [4.78, 5) is 24.7. The molecule has 23 heavy (non-hydrogen) atoms. The number of carbonyl (C=O) groups is 2. The van der Waals surface area contributed by atoms with Gasteiger partial charge in [0, 0.05) is 24.2 Å². The predicted molar refractivity (Wildman–Crippen MR) is 79.0 cm³/mol. The molecule has 1 aromatic carbocycles. The van der Waals surface area contributed by atoms with Crippen molar-refractivity contribution in [3.63, 3.8) is 0 Å². The second kappa shape index (κ2) is 7.21. The molecule has 0 unspecified atom stereocenters. The summed E-state index contributed by atoms with van der Waals surface area (Å²) in [7, 11) is 0. The Morgan fingerprint density at radius 3 is 2.26 bits per heavy atom. The molecule has 8 heteroatoms. The number of piperidine rings is 1. The van der Waals surface area contributed by atoms with Crippen LogP contribution in [0.4, 0.5) is 13.2 Å². The summed E-state index contributed by atoms with van der Waals surface area (Å²) < 4.78 is 36.6. The third-order valence-corrected chi connectivity index (χ3v) is 3.96. The highest BCUT2D eigenvalue weighted by Crippen LogP contribution is 2.18. The lowest BCUT2D eigenvalue weighted by Crippen LogP contribution is -2.49. The summed E-state index contributed by atoms with van der Waals surface area (Å²) in [6.45, 7) is 0.657. The van der Waals surface area contributed by atoms with Crippen LogP contribution in [0.2, 0.25) is 5.02 Å². The number of halogens is 4. The van der Waals surface area contributed by atoms with Crippen LogP contribution >= 0.6 is 11.6 Å². The van der Waals surface area contributed by atoms with Crippen LogP contribution in [0.1, 0.15) is 18.4 Å². The molecular weight excluding hydrogens is 333 g/mol. The maximum absolute atomic E-state index is 12.2. The van der Waals surface area contributed by atoms with Crippen molar-refractivity contribution in [1.29, 1.82) is 0 Å². The zero-order valence-electron chi connectivity index (χ0n) is 12.2. The largest absolute Gasteiger partial charge is 0.471 e. The van der Waals surface area contributed by atoms with Crippen molar-refractivity contribution in [2.75, 3.05) is 13.1 Å². The fourth-order valence-corrected chi connectivity index (χ4v) is 2.56. The molecule has 126 valence electrons. The first kappa shape index (κ1) is 17.6. The van der Waals surface area contributed by atoms with E-state index in [4.69, 9.17) is 11.6 Å². The van der Waals surface area contributed by atoms with Gasteiger partial charge in [0.05, 0.1) is 6.42 Å². The number of carbonyl (C=O) groups excluding carboxylic acids is 2. The average molecular weight is 349 g/mol. The van der Waals surface area contributed by atoms with E-state index in [1.54, 1.807) is 29.2 Å². The van der Waals surface area contributed by atoms with Crippen LogP contribution in [-0.4, -0.2) is 42.0 Å². The van der Waals surface area contributed by atoms with Gasteiger partial charge in [-0.05, 0) is 30.5 Å². The van der Waals surface area contributed by atoms with Gasteiger partial charge in [0.1, 0.15) is 0 Å². The summed E-state index contributed by atoms with van der Waals surface area (Å²) in [5.41, 5.74) is 0.826. The average Bonchev–Trinajstić information content (AvgIpc) is 2.49. The molecule has 1 aliphatic rings. The van der Waals surface area contributed by atoms with Gasteiger partial charge in [-0.15, -0.1) is 0 Å². The lowest BCUT2D eigenvalue weighted by atomic mass is 10.0. The van der Waals surface area contributed by atoms with E-state index in [-0.39, 0.29) is 12.3 Å². The Balaban J connectivity index is 1.81. The van der Waals surface area contributed by atoms with E-state index in [1.165, 1.54) is 0 Å². The highest BCUT2D eigenvalue weighted by Gasteiger charge is 2.40. The normalized spacial score (nSPS) is 16.3. The highest BCUT2D eigenvalue weighted by atomic mass is 35.5. The van der Waals surface area contributed by atoms with Gasteiger partial charge in [0.15, 0.2) is 0 Å². The Bertz CT molecular complexity index is 567. The van der Waals surface area contributed by atoms with E-state index in [0.717, 1.165) is 5.56 Å². The Labute approximate surface area is 136 Å². The maximum atomic E-state index is 12.2. The molecule has 0 atom stereocenters. The van der Waals surface area contributed by atoms with Crippen LogP contribution in [-0.2, 0) is 16.0 Å². The molecule has 2 amide bonds. The molecule has 1 saturated heterocycles. The smallest absolute Gasteiger partial charge is 0.345 e. The molecule has 0 spiro atoms. The van der Waals surface area contributed by atoms with Crippen molar-refractivity contribution in [2.45, 2.75) is 31.5 Å². The first-order valence-electron chi connectivity index (χ1n) is 7.15. The summed E-state index contributed by atoms with van der Waals surface area (Å²) in [5.74, 6) is -2.02. The molecule has 0 aromatic heterocycles. The monoisotopic (exact) mass is 348 g/mol. The van der Waals surface area contributed by atoms with Gasteiger partial charge in [-0.1, -0.05) is 23.7 Å². The second-order valence-corrected chi connectivity index (χ2v) is 5.87. The van der Waals surface area contributed by atoms with E-state index in [1.807, 2.05) is 5.32 Å². The number of hydrogen-bond acceptors (Lipinski definition) is 2. The summed E-state index contributed by atoms with van der Waals surface area (Å²) in [6.07, 6.45) is -4.03. The Hall–Kier alpha value is -1.76. The summed E-state index contributed by atoms with van der Waals surface area (Å²) in [5, 5.41) is 2.54. The standard InChI is InChI=1S/C15H16ClF3N2O2/c16-11-3-1-10(2-4-11)9-13(22)21-7-5-12(6-8-21)20-14(23)15(17,18)19/h1-4,12H,5-9H2,(H,20,23). The first-order chi connectivity index (χ1) is 10.8. The molecule has 1 aliphatic heterocycles. The number of nitrogens with zero attached hydrogens (tertiary/aromatic N) is 1. The topological polar surface area (TPSA) is 49.4 Å². The summed E-state index contributed by atoms with van der Waals surface area (Å²) >= 11 is 5.78. The third kappa shape index (κ3) is 5.13. The SMILES string of the molecule is O=C(Cc1ccc(Cl)cc1)N1CCC(NC(=O)C(F)(F)F)CC1. The third-order valence-electron chi connectivity index (χ3n) is 3.71. The van der Waals surface area contributed by atoms with E-state index in [0.29, 0.717) is 31.0 Å². The Kier molecular flexibility index (Phi) is 5.51. The van der Waals surface area contributed by atoms with Crippen LogP contribution in [0.5, 0.6) is 0 Å². The maximum Gasteiger partial charge on any atom is 0.471 e. The van der Waals surface area contributed by atoms with Gasteiger partial charge in [-0.2, -0.15) is 13.2 Å². The van der Waals surface area contributed by atoms with E-state index in [2.05, 4.69) is 0 Å². The van der Waals surface area contributed by atoms with Gasteiger partial charge in [0.25, 0.3) is 0 Å². The predicted octanol–water partition coefficient (Wildman–Crippen LogP) is 2.55. The number of rotatable bonds is 3. The number of alkyl halides is 3. The molecular formula is C15H16ClF3N2O2. The van der Waals surface area contributed by atoms with Crippen LogP contribution in [0.15, 0.2) is 24.3 Å². The van der Waals surface area contributed by atoms with Gasteiger partial charge in [-0.25, -0.2) is 0 Å². The minimum atomic E-state index is -4.87. The second-order valence-electron chi connectivity index (χ2n) is 5.43. The Morgan fingerprint density at radius 2 is 1.74 bits per heavy atom. The highest BCUT2D eigenvalue weighted by molar-refractivity contribution is 6.30. The molecule has 1 N–H and O–H groups in total. The van der Waals surface area contributed by atoms with Crippen molar-refractivity contribution in [2.24, 2.45) is 0 Å². The molecule has 1 fully saturated rings. The minimum Gasteiger partial charge on any atom is -0.345 e. The molecule has 0 saturated carbocycles. The molecule has 4 nitrogen and oxygen atoms in total. The lowest BCUT2D eigenvalue weighted by molar-refractivity contribution is -0.174. The first-order valence-corrected chi connectivity index (χ1v) is 7.53. The van der Waals surface area contributed by atoms with Crippen LogP contribution in [0.3, 0.4) is 0 Å². The van der Waals surface area contributed by atoms with Crippen LogP contribution in [0.25, 0.3) is 0 Å². The van der Waals surface area contributed by atoms with E-state index >= 15 is 0 Å². The zero-order valence-corrected chi connectivity index (χ0v) is 13.0. The van der Waals surface area contributed by atoms with Crippen molar-refractivity contribution >= 4 is 23.4 Å². The summed E-state index contributed by atoms with van der Waals surface area (Å²) in [6, 6.07) is 6.36. The van der Waals surface area contributed by atoms with Gasteiger partial charge < -0.3 is 10.2 Å². The molecule has 2 rings (SSSR count). The van der Waals surface area contributed by atoms with Crippen LogP contribution in [0, 0.1) is 0 Å². The number of nitrogens with one attached hydrogen (secondary N) is 1.